The number of carbonyl (C=O) groups is 1. The molecule has 2 rings (SSSR count). The largest absolute Gasteiger partial charge is 0.360 e. The molecule has 0 aliphatic carbocycles. The van der Waals surface area contributed by atoms with Crippen LogP contribution in [0.4, 0.5) is 10.1 Å². The van der Waals surface area contributed by atoms with E-state index in [1.165, 1.54) is 6.07 Å². The van der Waals surface area contributed by atoms with Gasteiger partial charge in [-0.1, -0.05) is 6.07 Å². The zero-order valence-electron chi connectivity index (χ0n) is 9.74. The van der Waals surface area contributed by atoms with E-state index in [2.05, 4.69) is 5.32 Å². The van der Waals surface area contributed by atoms with Crippen LogP contribution in [0.2, 0.25) is 0 Å². The Balaban J connectivity index is 2.37. The Morgan fingerprint density at radius 2 is 2.29 bits per heavy atom. The minimum absolute atomic E-state index is 0.0452. The molecule has 0 unspecified atom stereocenters. The molecule has 1 aromatic carbocycles. The minimum Gasteiger partial charge on any atom is -0.360 e. The van der Waals surface area contributed by atoms with Crippen molar-refractivity contribution < 1.29 is 9.18 Å². The van der Waals surface area contributed by atoms with Crippen molar-refractivity contribution in [2.45, 2.75) is 13.0 Å². The van der Waals surface area contributed by atoms with E-state index >= 15 is 0 Å². The molecule has 5 heteroatoms. The van der Waals surface area contributed by atoms with Gasteiger partial charge in [-0.2, -0.15) is 0 Å². The molecular formula is C12H16FN3O. The van der Waals surface area contributed by atoms with Crippen LogP contribution in [0.15, 0.2) is 18.2 Å². The smallest absolute Gasteiger partial charge is 0.239 e. The highest BCUT2D eigenvalue weighted by Crippen LogP contribution is 2.28. The number of hydrogen-bond donors (Lipinski definition) is 2. The van der Waals surface area contributed by atoms with Gasteiger partial charge in [-0.25, -0.2) is 4.39 Å². The van der Waals surface area contributed by atoms with Gasteiger partial charge in [0, 0.05) is 30.4 Å². The minimum atomic E-state index is -0.392. The summed E-state index contributed by atoms with van der Waals surface area (Å²) in [6, 6.07) is 4.45. The van der Waals surface area contributed by atoms with Crippen LogP contribution in [-0.4, -0.2) is 25.5 Å². The Morgan fingerprint density at radius 1 is 1.53 bits per heavy atom. The molecule has 0 aromatic heterocycles. The number of rotatable bonds is 2. The Morgan fingerprint density at radius 3 is 2.94 bits per heavy atom. The lowest BCUT2D eigenvalue weighted by atomic mass is 10.0. The van der Waals surface area contributed by atoms with Crippen molar-refractivity contribution in [2.24, 2.45) is 5.73 Å². The molecule has 1 saturated heterocycles. The number of amides is 1. The van der Waals surface area contributed by atoms with Gasteiger partial charge in [0.2, 0.25) is 5.91 Å². The molecule has 1 aliphatic rings. The van der Waals surface area contributed by atoms with Crippen molar-refractivity contribution in [1.29, 1.82) is 0 Å². The first-order valence-corrected chi connectivity index (χ1v) is 5.65. The quantitative estimate of drug-likeness (QED) is 0.799. The lowest BCUT2D eigenvalue weighted by molar-refractivity contribution is -0.120. The lowest BCUT2D eigenvalue weighted by Crippen LogP contribution is -2.48. The average Bonchev–Trinajstić information content (AvgIpc) is 2.28. The summed E-state index contributed by atoms with van der Waals surface area (Å²) in [5.74, 6) is -0.361. The third-order valence-electron chi connectivity index (χ3n) is 2.86. The van der Waals surface area contributed by atoms with Crippen LogP contribution in [0.3, 0.4) is 0 Å². The van der Waals surface area contributed by atoms with Crippen LogP contribution in [0.5, 0.6) is 0 Å². The molecule has 1 heterocycles. The van der Waals surface area contributed by atoms with Crippen molar-refractivity contribution in [3.63, 3.8) is 0 Å². The summed E-state index contributed by atoms with van der Waals surface area (Å²) in [7, 11) is 0. The van der Waals surface area contributed by atoms with E-state index in [9.17, 15) is 9.18 Å². The SMILES string of the molecule is C[C@H](N)c1c(F)cccc1N1CCNC(=O)C1. The number of hydrogen-bond acceptors (Lipinski definition) is 3. The van der Waals surface area contributed by atoms with Gasteiger partial charge in [-0.05, 0) is 19.1 Å². The van der Waals surface area contributed by atoms with Crippen molar-refractivity contribution in [1.82, 2.24) is 5.32 Å². The van der Waals surface area contributed by atoms with Gasteiger partial charge in [0.25, 0.3) is 0 Å². The maximum absolute atomic E-state index is 13.7. The van der Waals surface area contributed by atoms with Gasteiger partial charge < -0.3 is 16.0 Å². The molecule has 0 spiro atoms. The number of halogens is 1. The fourth-order valence-electron chi connectivity index (χ4n) is 2.10. The van der Waals surface area contributed by atoms with Gasteiger partial charge in [-0.3, -0.25) is 4.79 Å². The highest BCUT2D eigenvalue weighted by Gasteiger charge is 2.21. The first-order chi connectivity index (χ1) is 8.09. The lowest BCUT2D eigenvalue weighted by Gasteiger charge is -2.31. The molecule has 1 atom stereocenters. The van der Waals surface area contributed by atoms with Crippen LogP contribution >= 0.6 is 0 Å². The molecule has 0 bridgehead atoms. The second kappa shape index (κ2) is 4.71. The third kappa shape index (κ3) is 2.39. The monoisotopic (exact) mass is 237 g/mol. The number of carbonyl (C=O) groups excluding carboxylic acids is 1. The number of nitrogens with one attached hydrogen (secondary N) is 1. The fraction of sp³-hybridized carbons (Fsp3) is 0.417. The van der Waals surface area contributed by atoms with E-state index in [1.54, 1.807) is 19.1 Å². The van der Waals surface area contributed by atoms with Crippen molar-refractivity contribution in [3.05, 3.63) is 29.6 Å². The van der Waals surface area contributed by atoms with E-state index in [0.717, 1.165) is 5.69 Å². The number of nitrogens with zero attached hydrogens (tertiary/aromatic N) is 1. The Kier molecular flexibility index (Phi) is 3.28. The summed E-state index contributed by atoms with van der Waals surface area (Å²) in [5.41, 5.74) is 6.98. The van der Waals surface area contributed by atoms with Crippen molar-refractivity contribution >= 4 is 11.6 Å². The molecule has 0 saturated carbocycles. The number of anilines is 1. The van der Waals surface area contributed by atoms with Gasteiger partial charge in [-0.15, -0.1) is 0 Å². The molecule has 92 valence electrons. The van der Waals surface area contributed by atoms with Gasteiger partial charge in [0.1, 0.15) is 5.82 Å². The van der Waals surface area contributed by atoms with Crippen molar-refractivity contribution in [3.8, 4) is 0 Å². The van der Waals surface area contributed by atoms with Crippen LogP contribution in [0.1, 0.15) is 18.5 Å². The fourth-order valence-corrected chi connectivity index (χ4v) is 2.10. The maximum atomic E-state index is 13.7. The Labute approximate surface area is 99.6 Å². The van der Waals surface area contributed by atoms with E-state index < -0.39 is 6.04 Å². The third-order valence-corrected chi connectivity index (χ3v) is 2.86. The van der Waals surface area contributed by atoms with Gasteiger partial charge >= 0.3 is 0 Å². The highest BCUT2D eigenvalue weighted by molar-refractivity contribution is 5.83. The van der Waals surface area contributed by atoms with E-state index in [-0.39, 0.29) is 18.3 Å². The first kappa shape index (κ1) is 11.9. The number of piperazine rings is 1. The molecule has 0 radical (unpaired) electrons. The topological polar surface area (TPSA) is 58.4 Å². The summed E-state index contributed by atoms with van der Waals surface area (Å²) >= 11 is 0. The van der Waals surface area contributed by atoms with E-state index in [0.29, 0.717) is 18.7 Å². The van der Waals surface area contributed by atoms with Crippen LogP contribution in [0, 0.1) is 5.82 Å². The number of benzene rings is 1. The zero-order valence-corrected chi connectivity index (χ0v) is 9.74. The zero-order chi connectivity index (χ0) is 12.4. The maximum Gasteiger partial charge on any atom is 0.239 e. The molecule has 1 fully saturated rings. The molecule has 1 amide bonds. The number of nitrogens with two attached hydrogens (primary N) is 1. The van der Waals surface area contributed by atoms with Crippen LogP contribution in [-0.2, 0) is 4.79 Å². The Hall–Kier alpha value is -1.62. The van der Waals surface area contributed by atoms with E-state index in [1.807, 2.05) is 4.90 Å². The first-order valence-electron chi connectivity index (χ1n) is 5.65. The second-order valence-corrected chi connectivity index (χ2v) is 4.23. The van der Waals surface area contributed by atoms with Gasteiger partial charge in [0.15, 0.2) is 0 Å². The molecule has 4 nitrogen and oxygen atoms in total. The summed E-state index contributed by atoms with van der Waals surface area (Å²) in [5, 5.41) is 2.74. The molecule has 3 N–H and O–H groups in total. The normalized spacial score (nSPS) is 17.8. The van der Waals surface area contributed by atoms with Gasteiger partial charge in [0.05, 0.1) is 6.54 Å². The predicted molar refractivity (Wildman–Crippen MR) is 64.2 cm³/mol. The predicted octanol–water partition coefficient (Wildman–Crippen LogP) is 0.782. The second-order valence-electron chi connectivity index (χ2n) is 4.23. The van der Waals surface area contributed by atoms with E-state index in [4.69, 9.17) is 5.73 Å². The standard InChI is InChI=1S/C12H16FN3O/c1-8(14)12-9(13)3-2-4-10(12)16-6-5-15-11(17)7-16/h2-4,8H,5-7,14H2,1H3,(H,15,17)/t8-/m0/s1. The van der Waals surface area contributed by atoms with Crippen LogP contribution in [0.25, 0.3) is 0 Å². The molecular weight excluding hydrogens is 221 g/mol. The molecule has 1 aliphatic heterocycles. The summed E-state index contributed by atoms with van der Waals surface area (Å²) < 4.78 is 13.7. The van der Waals surface area contributed by atoms with Crippen molar-refractivity contribution in [2.75, 3.05) is 24.5 Å². The summed E-state index contributed by atoms with van der Waals surface area (Å²) in [6.07, 6.45) is 0. The average molecular weight is 237 g/mol. The Bertz CT molecular complexity index is 434. The molecule has 1 aromatic rings. The summed E-state index contributed by atoms with van der Waals surface area (Å²) in [6.45, 7) is 3.25. The summed E-state index contributed by atoms with van der Waals surface area (Å²) in [4.78, 5) is 13.2. The highest BCUT2D eigenvalue weighted by atomic mass is 19.1. The molecule has 17 heavy (non-hydrogen) atoms. The van der Waals surface area contributed by atoms with Crippen LogP contribution < -0.4 is 16.0 Å².